The predicted molar refractivity (Wildman–Crippen MR) is 108 cm³/mol. The number of piperidine rings is 1. The van der Waals surface area contributed by atoms with Crippen LogP contribution in [0.25, 0.3) is 0 Å². The highest BCUT2D eigenvalue weighted by Crippen LogP contribution is 2.20. The van der Waals surface area contributed by atoms with Crippen molar-refractivity contribution in [1.29, 1.82) is 0 Å². The van der Waals surface area contributed by atoms with Crippen LogP contribution < -0.4 is 10.1 Å². The third-order valence-electron chi connectivity index (χ3n) is 4.81. The number of aromatic nitrogens is 2. The monoisotopic (exact) mass is 404 g/mol. The number of likely N-dealkylation sites (tertiary alicyclic amines) is 1. The number of methoxy groups -OCH3 is 1. The van der Waals surface area contributed by atoms with Crippen molar-refractivity contribution in [2.45, 2.75) is 32.9 Å². The van der Waals surface area contributed by atoms with Crippen LogP contribution in [-0.4, -0.2) is 54.2 Å². The van der Waals surface area contributed by atoms with Crippen LogP contribution in [0.15, 0.2) is 23.7 Å². The molecule has 3 heterocycles. The molecular weight excluding hydrogens is 376 g/mol. The second-order valence-electron chi connectivity index (χ2n) is 6.97. The van der Waals surface area contributed by atoms with Gasteiger partial charge in [-0.25, -0.2) is 9.97 Å². The van der Waals surface area contributed by atoms with Crippen molar-refractivity contribution in [2.24, 2.45) is 5.92 Å². The molecule has 0 bridgehead atoms. The first-order chi connectivity index (χ1) is 13.6. The van der Waals surface area contributed by atoms with Crippen LogP contribution in [0.4, 0.5) is 0 Å². The molecule has 1 N–H and O–H groups in total. The van der Waals surface area contributed by atoms with E-state index in [2.05, 4.69) is 25.6 Å². The number of hydrogen-bond donors (Lipinski definition) is 1. The largest absolute Gasteiger partial charge is 0.475 e. The number of nitrogens with zero attached hydrogens (tertiary/aromatic N) is 3. The molecule has 0 saturated carbocycles. The Morgan fingerprint density at radius 3 is 2.79 bits per heavy atom. The van der Waals surface area contributed by atoms with Crippen molar-refractivity contribution in [3.05, 3.63) is 40.0 Å². The molecule has 0 radical (unpaired) electrons. The molecule has 1 fully saturated rings. The standard InChI is InChI=1S/C20H28N4O3S/c1-15-23-18(14-28-15)13-24-7-5-17(6-8-24)20(25)22-12-16-3-4-19(21-11-16)27-10-9-26-2/h3-4,11,14,17H,5-10,12-13H2,1-2H3,(H,22,25). The number of hydrogen-bond acceptors (Lipinski definition) is 7. The van der Waals surface area contributed by atoms with E-state index < -0.39 is 0 Å². The summed E-state index contributed by atoms with van der Waals surface area (Å²) in [5.41, 5.74) is 2.09. The highest BCUT2D eigenvalue weighted by atomic mass is 32.1. The summed E-state index contributed by atoms with van der Waals surface area (Å²) in [4.78, 5) is 23.6. The SMILES string of the molecule is COCCOc1ccc(CNC(=O)C2CCN(Cc3csc(C)n3)CC2)cn1. The van der Waals surface area contributed by atoms with Crippen LogP contribution in [0, 0.1) is 12.8 Å². The van der Waals surface area contributed by atoms with Gasteiger partial charge in [-0.2, -0.15) is 0 Å². The Morgan fingerprint density at radius 2 is 2.14 bits per heavy atom. The van der Waals surface area contributed by atoms with Crippen molar-refractivity contribution >= 4 is 17.2 Å². The zero-order valence-electron chi connectivity index (χ0n) is 16.5. The lowest BCUT2D eigenvalue weighted by molar-refractivity contribution is -0.126. The normalized spacial score (nSPS) is 15.5. The minimum atomic E-state index is 0.0815. The fourth-order valence-electron chi connectivity index (χ4n) is 3.23. The Bertz CT molecular complexity index is 742. The topological polar surface area (TPSA) is 76.6 Å². The van der Waals surface area contributed by atoms with E-state index in [9.17, 15) is 4.79 Å². The lowest BCUT2D eigenvalue weighted by Crippen LogP contribution is -2.40. The molecular formula is C20H28N4O3S. The molecule has 0 spiro atoms. The van der Waals surface area contributed by atoms with Gasteiger partial charge in [-0.05, 0) is 38.4 Å². The van der Waals surface area contributed by atoms with Crippen LogP contribution in [-0.2, 0) is 22.6 Å². The number of ether oxygens (including phenoxy) is 2. The van der Waals surface area contributed by atoms with E-state index in [1.807, 2.05) is 19.1 Å². The van der Waals surface area contributed by atoms with Crippen molar-refractivity contribution in [3.63, 3.8) is 0 Å². The van der Waals surface area contributed by atoms with Crippen molar-refractivity contribution in [2.75, 3.05) is 33.4 Å². The van der Waals surface area contributed by atoms with Crippen LogP contribution in [0.1, 0.15) is 29.1 Å². The molecule has 1 aliphatic rings. The highest BCUT2D eigenvalue weighted by molar-refractivity contribution is 7.09. The second-order valence-corrected chi connectivity index (χ2v) is 8.03. The smallest absolute Gasteiger partial charge is 0.223 e. The summed E-state index contributed by atoms with van der Waals surface area (Å²) in [6.07, 6.45) is 3.51. The van der Waals surface area contributed by atoms with Gasteiger partial charge in [-0.1, -0.05) is 6.07 Å². The zero-order valence-corrected chi connectivity index (χ0v) is 17.3. The molecule has 28 heavy (non-hydrogen) atoms. The van der Waals surface area contributed by atoms with E-state index >= 15 is 0 Å². The van der Waals surface area contributed by atoms with Crippen molar-refractivity contribution in [3.8, 4) is 5.88 Å². The minimum absolute atomic E-state index is 0.0815. The first-order valence-corrected chi connectivity index (χ1v) is 10.5. The number of pyridine rings is 1. The van der Waals surface area contributed by atoms with Crippen LogP contribution in [0.3, 0.4) is 0 Å². The molecule has 0 aromatic carbocycles. The van der Waals surface area contributed by atoms with Crippen molar-refractivity contribution < 1.29 is 14.3 Å². The quantitative estimate of drug-likeness (QED) is 0.647. The fraction of sp³-hybridized carbons (Fsp3) is 0.550. The summed E-state index contributed by atoms with van der Waals surface area (Å²) < 4.78 is 10.4. The molecule has 1 amide bonds. The number of nitrogens with one attached hydrogen (secondary N) is 1. The maximum atomic E-state index is 12.5. The lowest BCUT2D eigenvalue weighted by atomic mass is 9.95. The Balaban J connectivity index is 1.37. The van der Waals surface area contributed by atoms with Gasteiger partial charge in [-0.15, -0.1) is 11.3 Å². The molecule has 1 aliphatic heterocycles. The molecule has 1 saturated heterocycles. The van der Waals surface area contributed by atoms with Gasteiger partial charge < -0.3 is 14.8 Å². The van der Waals surface area contributed by atoms with Crippen LogP contribution >= 0.6 is 11.3 Å². The molecule has 152 valence electrons. The second kappa shape index (κ2) is 10.5. The molecule has 0 atom stereocenters. The van der Waals surface area contributed by atoms with Crippen LogP contribution in [0.5, 0.6) is 5.88 Å². The number of aryl methyl sites for hydroxylation is 1. The van der Waals surface area contributed by atoms with Gasteiger partial charge in [0, 0.05) is 43.8 Å². The van der Waals surface area contributed by atoms with E-state index in [4.69, 9.17) is 9.47 Å². The summed E-state index contributed by atoms with van der Waals surface area (Å²) in [7, 11) is 1.63. The van der Waals surface area contributed by atoms with Gasteiger partial charge in [0.25, 0.3) is 0 Å². The van der Waals surface area contributed by atoms with E-state index in [0.29, 0.717) is 25.6 Å². The van der Waals surface area contributed by atoms with Gasteiger partial charge in [0.1, 0.15) is 6.61 Å². The number of amides is 1. The molecule has 7 nitrogen and oxygen atoms in total. The molecule has 3 rings (SSSR count). The minimum Gasteiger partial charge on any atom is -0.475 e. The summed E-state index contributed by atoms with van der Waals surface area (Å²) >= 11 is 1.69. The van der Waals surface area contributed by atoms with Crippen molar-refractivity contribution in [1.82, 2.24) is 20.2 Å². The van der Waals surface area contributed by atoms with E-state index in [1.54, 1.807) is 24.6 Å². The zero-order chi connectivity index (χ0) is 19.8. The summed E-state index contributed by atoms with van der Waals surface area (Å²) in [6.45, 7) is 6.27. The maximum absolute atomic E-state index is 12.5. The third kappa shape index (κ3) is 6.25. The maximum Gasteiger partial charge on any atom is 0.223 e. The summed E-state index contributed by atoms with van der Waals surface area (Å²) in [5.74, 6) is 0.775. The summed E-state index contributed by atoms with van der Waals surface area (Å²) in [5, 5.41) is 6.27. The Morgan fingerprint density at radius 1 is 1.32 bits per heavy atom. The number of carbonyl (C=O) groups excluding carboxylic acids is 1. The van der Waals surface area contributed by atoms with E-state index in [0.717, 1.165) is 48.7 Å². The van der Waals surface area contributed by atoms with Gasteiger partial charge in [0.2, 0.25) is 11.8 Å². The highest BCUT2D eigenvalue weighted by Gasteiger charge is 2.25. The van der Waals surface area contributed by atoms with Crippen LogP contribution in [0.2, 0.25) is 0 Å². The number of thiazole rings is 1. The average molecular weight is 405 g/mol. The lowest BCUT2D eigenvalue weighted by Gasteiger charge is -2.30. The Labute approximate surface area is 170 Å². The van der Waals surface area contributed by atoms with E-state index in [-0.39, 0.29) is 11.8 Å². The number of rotatable bonds is 9. The molecule has 0 aliphatic carbocycles. The van der Waals surface area contributed by atoms with Gasteiger partial charge in [-0.3, -0.25) is 9.69 Å². The van der Waals surface area contributed by atoms with E-state index in [1.165, 1.54) is 0 Å². The number of carbonyl (C=O) groups is 1. The van der Waals surface area contributed by atoms with Gasteiger partial charge in [0.15, 0.2) is 0 Å². The predicted octanol–water partition coefficient (Wildman–Crippen LogP) is 2.40. The average Bonchev–Trinajstić information content (AvgIpc) is 3.12. The molecule has 0 unspecified atom stereocenters. The first-order valence-electron chi connectivity index (χ1n) is 9.62. The van der Waals surface area contributed by atoms with Gasteiger partial charge in [0.05, 0.1) is 17.3 Å². The molecule has 8 heteroatoms. The Kier molecular flexibility index (Phi) is 7.76. The Hall–Kier alpha value is -2.03. The fourth-order valence-corrected chi connectivity index (χ4v) is 3.83. The third-order valence-corrected chi connectivity index (χ3v) is 5.63. The van der Waals surface area contributed by atoms with Gasteiger partial charge >= 0.3 is 0 Å². The molecule has 2 aromatic heterocycles. The summed E-state index contributed by atoms with van der Waals surface area (Å²) in [6, 6.07) is 3.74. The first kappa shape index (κ1) is 20.7. The molecule has 2 aromatic rings.